The molecular formula is C28H29NO. The first-order valence-electron chi connectivity index (χ1n) is 10.8. The van der Waals surface area contributed by atoms with E-state index in [1.165, 1.54) is 27.5 Å². The lowest BCUT2D eigenvalue weighted by Gasteiger charge is -2.23. The maximum absolute atomic E-state index is 10.8. The molecule has 1 unspecified atom stereocenters. The van der Waals surface area contributed by atoms with Gasteiger partial charge in [-0.2, -0.15) is 0 Å². The number of fused-ring (bicyclic) bond motifs is 1. The zero-order valence-corrected chi connectivity index (χ0v) is 18.2. The Bertz CT molecular complexity index is 1190. The Kier molecular flexibility index (Phi) is 5.59. The highest BCUT2D eigenvalue weighted by atomic mass is 16.3. The number of para-hydroxylation sites is 1. The van der Waals surface area contributed by atoms with E-state index in [0.717, 1.165) is 35.4 Å². The minimum atomic E-state index is -0.131. The van der Waals surface area contributed by atoms with E-state index in [1.54, 1.807) is 6.07 Å². The van der Waals surface area contributed by atoms with Crippen LogP contribution in [0, 0.1) is 13.8 Å². The van der Waals surface area contributed by atoms with Crippen LogP contribution in [0.25, 0.3) is 10.8 Å². The third-order valence-corrected chi connectivity index (χ3v) is 6.00. The summed E-state index contributed by atoms with van der Waals surface area (Å²) in [4.78, 5) is 5.23. The Morgan fingerprint density at radius 1 is 0.800 bits per heavy atom. The maximum Gasteiger partial charge on any atom is 0.119 e. The molecule has 2 heteroatoms. The van der Waals surface area contributed by atoms with E-state index in [1.807, 2.05) is 18.2 Å². The number of aryl methyl sites for hydroxylation is 4. The Balaban J connectivity index is 2.09. The van der Waals surface area contributed by atoms with E-state index in [4.69, 9.17) is 4.98 Å². The van der Waals surface area contributed by atoms with Gasteiger partial charge in [-0.3, -0.25) is 4.98 Å². The molecule has 0 amide bonds. The molecule has 0 saturated carbocycles. The van der Waals surface area contributed by atoms with Crippen molar-refractivity contribution in [2.45, 2.75) is 46.5 Å². The number of aromatic hydroxyl groups is 1. The highest BCUT2D eigenvalue weighted by molar-refractivity contribution is 5.90. The molecule has 1 atom stereocenters. The number of hydrogen-bond acceptors (Lipinski definition) is 2. The molecule has 0 aliphatic heterocycles. The molecule has 0 saturated heterocycles. The van der Waals surface area contributed by atoms with E-state index in [2.05, 4.69) is 70.2 Å². The summed E-state index contributed by atoms with van der Waals surface area (Å²) in [5.41, 5.74) is 8.01. The average molecular weight is 396 g/mol. The van der Waals surface area contributed by atoms with Crippen molar-refractivity contribution < 1.29 is 5.11 Å². The molecule has 0 radical (unpaired) electrons. The van der Waals surface area contributed by atoms with Gasteiger partial charge in [-0.25, -0.2) is 0 Å². The molecule has 152 valence electrons. The zero-order valence-electron chi connectivity index (χ0n) is 18.2. The number of phenols is 1. The predicted octanol–water partition coefficient (Wildman–Crippen LogP) is 6.86. The fourth-order valence-electron chi connectivity index (χ4n) is 4.44. The Morgan fingerprint density at radius 2 is 1.50 bits per heavy atom. The summed E-state index contributed by atoms with van der Waals surface area (Å²) >= 11 is 0. The van der Waals surface area contributed by atoms with Crippen molar-refractivity contribution in [3.63, 3.8) is 0 Å². The summed E-state index contributed by atoms with van der Waals surface area (Å²) in [7, 11) is 0. The predicted molar refractivity (Wildman–Crippen MR) is 125 cm³/mol. The van der Waals surface area contributed by atoms with Gasteiger partial charge in [0.2, 0.25) is 0 Å². The number of nitrogens with zero attached hydrogens (tertiary/aromatic N) is 1. The monoisotopic (exact) mass is 395 g/mol. The number of pyridine rings is 1. The number of benzene rings is 3. The van der Waals surface area contributed by atoms with Gasteiger partial charge in [0.15, 0.2) is 0 Å². The topological polar surface area (TPSA) is 33.1 Å². The zero-order chi connectivity index (χ0) is 21.3. The van der Waals surface area contributed by atoms with Crippen LogP contribution in [-0.4, -0.2) is 10.1 Å². The molecule has 30 heavy (non-hydrogen) atoms. The van der Waals surface area contributed by atoms with Crippen molar-refractivity contribution in [2.24, 2.45) is 0 Å². The molecular weight excluding hydrogens is 366 g/mol. The second kappa shape index (κ2) is 8.31. The first-order valence-corrected chi connectivity index (χ1v) is 10.8. The maximum atomic E-state index is 10.8. The molecule has 0 spiro atoms. The SMILES string of the molecule is CCc1nc(C(c2ccc(C)cc2)c2ccccc2O)c2ccc(C)cc2c1CC. The number of aromatic nitrogens is 1. The molecule has 1 heterocycles. The van der Waals surface area contributed by atoms with Crippen LogP contribution < -0.4 is 0 Å². The number of phenolic OH excluding ortho intramolecular Hbond substituents is 1. The van der Waals surface area contributed by atoms with Gasteiger partial charge < -0.3 is 5.11 Å². The summed E-state index contributed by atoms with van der Waals surface area (Å²) in [5.74, 6) is 0.177. The fourth-order valence-corrected chi connectivity index (χ4v) is 4.44. The minimum absolute atomic E-state index is 0.131. The summed E-state index contributed by atoms with van der Waals surface area (Å²) in [6, 6.07) is 22.9. The van der Waals surface area contributed by atoms with Gasteiger partial charge in [0.1, 0.15) is 5.75 Å². The van der Waals surface area contributed by atoms with Crippen molar-refractivity contribution in [1.29, 1.82) is 0 Å². The molecule has 1 aromatic heterocycles. The fraction of sp³-hybridized carbons (Fsp3) is 0.250. The van der Waals surface area contributed by atoms with Gasteiger partial charge >= 0.3 is 0 Å². The Hall–Kier alpha value is -3.13. The van der Waals surface area contributed by atoms with Crippen molar-refractivity contribution in [1.82, 2.24) is 4.98 Å². The first kappa shape index (κ1) is 20.2. The largest absolute Gasteiger partial charge is 0.508 e. The standard InChI is InChI=1S/C28H29NO/c1-5-21-24-17-19(4)13-16-22(24)28(29-25(21)6-2)27(20-14-11-18(3)12-15-20)23-9-7-8-10-26(23)30/h7-17,27,30H,5-6H2,1-4H3. The Labute approximate surface area is 179 Å². The van der Waals surface area contributed by atoms with Crippen molar-refractivity contribution in [2.75, 3.05) is 0 Å². The second-order valence-electron chi connectivity index (χ2n) is 8.08. The third-order valence-electron chi connectivity index (χ3n) is 6.00. The van der Waals surface area contributed by atoms with Gasteiger partial charge in [-0.05, 0) is 49.3 Å². The minimum Gasteiger partial charge on any atom is -0.508 e. The quantitative estimate of drug-likeness (QED) is 0.400. The summed E-state index contributed by atoms with van der Waals surface area (Å²) in [6.45, 7) is 8.62. The number of hydrogen-bond donors (Lipinski definition) is 1. The van der Waals surface area contributed by atoms with Crippen LogP contribution in [0.15, 0.2) is 66.7 Å². The molecule has 0 aliphatic carbocycles. The van der Waals surface area contributed by atoms with Crippen molar-refractivity contribution in [3.8, 4) is 5.75 Å². The molecule has 1 N–H and O–H groups in total. The first-order chi connectivity index (χ1) is 14.5. The second-order valence-corrected chi connectivity index (χ2v) is 8.08. The van der Waals surface area contributed by atoms with Gasteiger partial charge in [-0.1, -0.05) is 85.6 Å². The third kappa shape index (κ3) is 3.59. The van der Waals surface area contributed by atoms with Crippen LogP contribution in [-0.2, 0) is 12.8 Å². The highest BCUT2D eigenvalue weighted by Gasteiger charge is 2.25. The number of rotatable bonds is 5. The van der Waals surface area contributed by atoms with E-state index in [-0.39, 0.29) is 5.92 Å². The van der Waals surface area contributed by atoms with Crippen LogP contribution in [0.3, 0.4) is 0 Å². The smallest absolute Gasteiger partial charge is 0.119 e. The van der Waals surface area contributed by atoms with Crippen LogP contribution in [0.2, 0.25) is 0 Å². The molecule has 0 bridgehead atoms. The van der Waals surface area contributed by atoms with Gasteiger partial charge in [0, 0.05) is 16.6 Å². The summed E-state index contributed by atoms with van der Waals surface area (Å²) in [5, 5.41) is 13.2. The molecule has 2 nitrogen and oxygen atoms in total. The van der Waals surface area contributed by atoms with Gasteiger partial charge in [0.25, 0.3) is 0 Å². The van der Waals surface area contributed by atoms with E-state index in [0.29, 0.717) is 5.75 Å². The average Bonchev–Trinajstić information content (AvgIpc) is 2.75. The van der Waals surface area contributed by atoms with Crippen molar-refractivity contribution >= 4 is 10.8 Å². The van der Waals surface area contributed by atoms with E-state index >= 15 is 0 Å². The highest BCUT2D eigenvalue weighted by Crippen LogP contribution is 2.40. The van der Waals surface area contributed by atoms with Crippen molar-refractivity contribution in [3.05, 3.63) is 106 Å². The lowest BCUT2D eigenvalue weighted by molar-refractivity contribution is 0.467. The molecule has 0 aliphatic rings. The lowest BCUT2D eigenvalue weighted by atomic mass is 9.84. The molecule has 3 aromatic carbocycles. The van der Waals surface area contributed by atoms with Crippen LogP contribution in [0.5, 0.6) is 5.75 Å². The molecule has 0 fully saturated rings. The van der Waals surface area contributed by atoms with Crippen LogP contribution >= 0.6 is 0 Å². The van der Waals surface area contributed by atoms with Gasteiger partial charge in [-0.15, -0.1) is 0 Å². The molecule has 4 aromatic rings. The summed E-state index contributed by atoms with van der Waals surface area (Å²) in [6.07, 6.45) is 1.85. The molecule has 4 rings (SSSR count). The summed E-state index contributed by atoms with van der Waals surface area (Å²) < 4.78 is 0. The van der Waals surface area contributed by atoms with E-state index < -0.39 is 0 Å². The van der Waals surface area contributed by atoms with E-state index in [9.17, 15) is 5.11 Å². The normalized spacial score (nSPS) is 12.3. The van der Waals surface area contributed by atoms with Gasteiger partial charge in [0.05, 0.1) is 11.6 Å². The van der Waals surface area contributed by atoms with Crippen LogP contribution in [0.4, 0.5) is 0 Å². The Morgan fingerprint density at radius 3 is 2.17 bits per heavy atom. The van der Waals surface area contributed by atoms with Crippen LogP contribution in [0.1, 0.15) is 59.0 Å². The lowest BCUT2D eigenvalue weighted by Crippen LogP contribution is -2.10.